The van der Waals surface area contributed by atoms with Crippen molar-refractivity contribution in [2.45, 2.75) is 24.7 Å². The second kappa shape index (κ2) is 6.35. The molecule has 0 radical (unpaired) electrons. The Kier molecular flexibility index (Phi) is 3.94. The molecule has 0 saturated carbocycles. The minimum absolute atomic E-state index is 0.156. The highest BCUT2D eigenvalue weighted by atomic mass is 16.5. The number of fused-ring (bicyclic) bond motifs is 3. The molecule has 1 aliphatic heterocycles. The van der Waals surface area contributed by atoms with E-state index in [1.165, 1.54) is 28.6 Å². The van der Waals surface area contributed by atoms with Gasteiger partial charge in [-0.05, 0) is 67.7 Å². The normalized spacial score (nSPS) is 25.0. The van der Waals surface area contributed by atoms with E-state index < -0.39 is 0 Å². The van der Waals surface area contributed by atoms with Gasteiger partial charge < -0.3 is 9.64 Å². The first-order chi connectivity index (χ1) is 13.2. The molecule has 2 heterocycles. The van der Waals surface area contributed by atoms with Gasteiger partial charge in [0.2, 0.25) is 0 Å². The number of para-hydroxylation sites is 1. The third-order valence-corrected chi connectivity index (χ3v) is 6.74. The number of methoxy groups -OCH3 is 1. The zero-order chi connectivity index (χ0) is 18.4. The van der Waals surface area contributed by atoms with E-state index >= 15 is 0 Å². The summed E-state index contributed by atoms with van der Waals surface area (Å²) in [6.07, 6.45) is 3.31. The fraction of sp³-hybridized carbons (Fsp3) is 0.375. The van der Waals surface area contributed by atoms with Gasteiger partial charge >= 0.3 is 0 Å². The Labute approximate surface area is 161 Å². The lowest BCUT2D eigenvalue weighted by Crippen LogP contribution is -2.53. The van der Waals surface area contributed by atoms with Crippen molar-refractivity contribution in [3.63, 3.8) is 0 Å². The van der Waals surface area contributed by atoms with Crippen LogP contribution in [0.25, 0.3) is 10.9 Å². The molecule has 0 bridgehead atoms. The molecule has 0 spiro atoms. The molecule has 3 aromatic rings. The van der Waals surface area contributed by atoms with Gasteiger partial charge in [0, 0.05) is 29.5 Å². The SMILES string of the molecule is COc1cccc([C@]23CCN(C)CC2Cc2cc4ccccc4nc2C3)c1. The maximum absolute atomic E-state index is 5.54. The molecule has 138 valence electrons. The summed E-state index contributed by atoms with van der Waals surface area (Å²) < 4.78 is 5.54. The van der Waals surface area contributed by atoms with Crippen LogP contribution in [0.4, 0.5) is 0 Å². The molecular weight excluding hydrogens is 332 g/mol. The standard InChI is InChI=1S/C24H26N2O/c1-26-11-10-24(19-7-5-8-21(14-19)27-2)15-23-18(13-20(24)16-26)12-17-6-3-4-9-22(17)25-23/h3-9,12,14,20H,10-11,13,15-16H2,1-2H3/t20?,24-/m1/s1. The van der Waals surface area contributed by atoms with Crippen molar-refractivity contribution < 1.29 is 4.74 Å². The maximum Gasteiger partial charge on any atom is 0.119 e. The molecule has 2 aromatic carbocycles. The predicted octanol–water partition coefficient (Wildman–Crippen LogP) is 4.23. The maximum atomic E-state index is 5.54. The van der Waals surface area contributed by atoms with Crippen LogP contribution in [-0.4, -0.2) is 37.1 Å². The Bertz CT molecular complexity index is 999. The summed E-state index contributed by atoms with van der Waals surface area (Å²) >= 11 is 0. The van der Waals surface area contributed by atoms with Crippen LogP contribution in [-0.2, 0) is 18.3 Å². The van der Waals surface area contributed by atoms with Crippen LogP contribution in [0.2, 0.25) is 0 Å². The second-order valence-electron chi connectivity index (χ2n) is 8.27. The van der Waals surface area contributed by atoms with Crippen LogP contribution in [0.3, 0.4) is 0 Å². The first-order valence-electron chi connectivity index (χ1n) is 9.88. The summed E-state index contributed by atoms with van der Waals surface area (Å²) in [4.78, 5) is 7.58. The summed E-state index contributed by atoms with van der Waals surface area (Å²) in [6.45, 7) is 2.28. The highest BCUT2D eigenvalue weighted by Crippen LogP contribution is 2.48. The topological polar surface area (TPSA) is 25.4 Å². The van der Waals surface area contributed by atoms with Gasteiger partial charge in [-0.15, -0.1) is 0 Å². The first-order valence-corrected chi connectivity index (χ1v) is 9.88. The second-order valence-corrected chi connectivity index (χ2v) is 8.27. The largest absolute Gasteiger partial charge is 0.497 e. The number of rotatable bonds is 2. The molecule has 1 unspecified atom stereocenters. The minimum Gasteiger partial charge on any atom is -0.497 e. The summed E-state index contributed by atoms with van der Waals surface area (Å²) in [6, 6.07) is 19.6. The lowest BCUT2D eigenvalue weighted by Gasteiger charge is -2.50. The molecular formula is C24H26N2O. The molecule has 3 nitrogen and oxygen atoms in total. The molecule has 2 atom stereocenters. The summed E-state index contributed by atoms with van der Waals surface area (Å²) in [7, 11) is 4.01. The van der Waals surface area contributed by atoms with E-state index in [0.29, 0.717) is 5.92 Å². The zero-order valence-electron chi connectivity index (χ0n) is 16.1. The van der Waals surface area contributed by atoms with Crippen LogP contribution in [0, 0.1) is 5.92 Å². The molecule has 1 aromatic heterocycles. The predicted molar refractivity (Wildman–Crippen MR) is 109 cm³/mol. The molecule has 1 fully saturated rings. The van der Waals surface area contributed by atoms with Crippen LogP contribution in [0.5, 0.6) is 5.75 Å². The molecule has 0 amide bonds. The Morgan fingerprint density at radius 1 is 1.11 bits per heavy atom. The number of likely N-dealkylation sites (tertiary alicyclic amines) is 1. The minimum atomic E-state index is 0.156. The van der Waals surface area contributed by atoms with Crippen LogP contribution >= 0.6 is 0 Å². The third-order valence-electron chi connectivity index (χ3n) is 6.74. The highest BCUT2D eigenvalue weighted by molar-refractivity contribution is 5.79. The number of pyridine rings is 1. The van der Waals surface area contributed by atoms with E-state index in [1.54, 1.807) is 7.11 Å². The molecule has 1 aliphatic carbocycles. The Morgan fingerprint density at radius 2 is 2.00 bits per heavy atom. The van der Waals surface area contributed by atoms with E-state index in [-0.39, 0.29) is 5.41 Å². The van der Waals surface area contributed by atoms with Crippen molar-refractivity contribution >= 4 is 10.9 Å². The van der Waals surface area contributed by atoms with Crippen LogP contribution in [0.15, 0.2) is 54.6 Å². The number of hydrogen-bond acceptors (Lipinski definition) is 3. The van der Waals surface area contributed by atoms with Crippen LogP contribution < -0.4 is 4.74 Å². The Morgan fingerprint density at radius 3 is 2.89 bits per heavy atom. The summed E-state index contributed by atoms with van der Waals surface area (Å²) in [5, 5.41) is 1.26. The number of aromatic nitrogens is 1. The van der Waals surface area contributed by atoms with Gasteiger partial charge in [-0.2, -0.15) is 0 Å². The molecule has 2 aliphatic rings. The van der Waals surface area contributed by atoms with E-state index in [0.717, 1.165) is 37.2 Å². The van der Waals surface area contributed by atoms with E-state index in [9.17, 15) is 0 Å². The van der Waals surface area contributed by atoms with E-state index in [2.05, 4.69) is 60.5 Å². The number of ether oxygens (including phenoxy) is 1. The lowest BCUT2D eigenvalue weighted by atomic mass is 9.58. The van der Waals surface area contributed by atoms with Gasteiger partial charge in [-0.3, -0.25) is 4.98 Å². The van der Waals surface area contributed by atoms with Gasteiger partial charge in [0.25, 0.3) is 0 Å². The van der Waals surface area contributed by atoms with Crippen molar-refractivity contribution in [3.05, 3.63) is 71.4 Å². The quantitative estimate of drug-likeness (QED) is 0.685. The van der Waals surface area contributed by atoms with Gasteiger partial charge in [-0.25, -0.2) is 0 Å². The molecule has 5 rings (SSSR count). The number of hydrogen-bond donors (Lipinski definition) is 0. The molecule has 1 saturated heterocycles. The smallest absolute Gasteiger partial charge is 0.119 e. The van der Waals surface area contributed by atoms with Crippen molar-refractivity contribution in [3.8, 4) is 5.75 Å². The number of nitrogens with zero attached hydrogens (tertiary/aromatic N) is 2. The fourth-order valence-electron chi connectivity index (χ4n) is 5.24. The number of benzene rings is 2. The molecule has 0 N–H and O–H groups in total. The Hall–Kier alpha value is -2.39. The monoisotopic (exact) mass is 358 g/mol. The lowest BCUT2D eigenvalue weighted by molar-refractivity contribution is 0.0987. The summed E-state index contributed by atoms with van der Waals surface area (Å²) in [5.74, 6) is 1.57. The fourth-order valence-corrected chi connectivity index (χ4v) is 5.24. The molecule has 3 heteroatoms. The van der Waals surface area contributed by atoms with Gasteiger partial charge in [0.05, 0.1) is 12.6 Å². The average molecular weight is 358 g/mol. The Balaban J connectivity index is 1.65. The van der Waals surface area contributed by atoms with Gasteiger partial charge in [-0.1, -0.05) is 30.3 Å². The van der Waals surface area contributed by atoms with Crippen molar-refractivity contribution in [1.82, 2.24) is 9.88 Å². The van der Waals surface area contributed by atoms with Gasteiger partial charge in [0.15, 0.2) is 0 Å². The van der Waals surface area contributed by atoms with Crippen molar-refractivity contribution in [2.75, 3.05) is 27.2 Å². The zero-order valence-corrected chi connectivity index (χ0v) is 16.1. The first kappa shape index (κ1) is 16.8. The van der Waals surface area contributed by atoms with E-state index in [1.807, 2.05) is 6.07 Å². The third kappa shape index (κ3) is 2.72. The van der Waals surface area contributed by atoms with Crippen LogP contribution in [0.1, 0.15) is 23.2 Å². The van der Waals surface area contributed by atoms with E-state index in [4.69, 9.17) is 9.72 Å². The van der Waals surface area contributed by atoms with Crippen molar-refractivity contribution in [2.24, 2.45) is 5.92 Å². The summed E-state index contributed by atoms with van der Waals surface area (Å²) in [5.41, 5.74) is 5.41. The highest BCUT2D eigenvalue weighted by Gasteiger charge is 2.47. The van der Waals surface area contributed by atoms with Gasteiger partial charge in [0.1, 0.15) is 5.75 Å². The molecule has 27 heavy (non-hydrogen) atoms. The number of piperidine rings is 1. The van der Waals surface area contributed by atoms with Crippen molar-refractivity contribution in [1.29, 1.82) is 0 Å². The average Bonchev–Trinajstić information content (AvgIpc) is 2.71.